The number of benzene rings is 1. The Morgan fingerprint density at radius 3 is 2.42 bits per heavy atom. The van der Waals surface area contributed by atoms with E-state index in [9.17, 15) is 4.79 Å². The molecule has 0 atom stereocenters. The van der Waals surface area contributed by atoms with E-state index in [4.69, 9.17) is 46.4 Å². The number of hydrogen-bond acceptors (Lipinski definition) is 4. The number of nitrogens with zero attached hydrogens (tertiary/aromatic N) is 2. The Kier molecular flexibility index (Phi) is 6.56. The predicted octanol–water partition coefficient (Wildman–Crippen LogP) is 4.72. The Bertz CT molecular complexity index is 462. The molecule has 1 rings (SSSR count). The van der Waals surface area contributed by atoms with Crippen LogP contribution in [0.2, 0.25) is 5.02 Å². The Labute approximate surface area is 134 Å². The Morgan fingerprint density at radius 2 is 1.95 bits per heavy atom. The fourth-order valence-electron chi connectivity index (χ4n) is 0.952. The molecule has 19 heavy (non-hydrogen) atoms. The number of carbonyl (C=O) groups is 1. The van der Waals surface area contributed by atoms with E-state index in [1.165, 1.54) is 13.3 Å². The number of halogens is 4. The second-order valence-electron chi connectivity index (χ2n) is 3.08. The summed E-state index contributed by atoms with van der Waals surface area (Å²) >= 11 is 23.1. The van der Waals surface area contributed by atoms with Crippen LogP contribution in [0.25, 0.3) is 0 Å². The third-order valence-corrected chi connectivity index (χ3v) is 3.20. The van der Waals surface area contributed by atoms with E-state index in [1.807, 2.05) is 0 Å². The van der Waals surface area contributed by atoms with Gasteiger partial charge in [0.1, 0.15) is 0 Å². The third kappa shape index (κ3) is 6.58. The quantitative estimate of drug-likeness (QED) is 0.338. The first-order valence-corrected chi connectivity index (χ1v) is 7.04. The highest BCUT2D eigenvalue weighted by molar-refractivity contribution is 8.03. The Hall–Kier alpha value is -0.330. The minimum absolute atomic E-state index is 0.588. The molecule has 0 bridgehead atoms. The lowest BCUT2D eigenvalue weighted by molar-refractivity contribution is 0.153. The van der Waals surface area contributed by atoms with E-state index in [0.29, 0.717) is 17.0 Å². The van der Waals surface area contributed by atoms with Crippen molar-refractivity contribution >= 4 is 70.7 Å². The van der Waals surface area contributed by atoms with Crippen LogP contribution >= 0.6 is 58.4 Å². The van der Waals surface area contributed by atoms with E-state index in [-0.39, 0.29) is 0 Å². The minimum atomic E-state index is -1.73. The van der Waals surface area contributed by atoms with E-state index < -0.39 is 9.22 Å². The van der Waals surface area contributed by atoms with Crippen molar-refractivity contribution in [3.63, 3.8) is 0 Å². The summed E-state index contributed by atoms with van der Waals surface area (Å²) in [6.45, 7) is 0. The first kappa shape index (κ1) is 16.7. The van der Waals surface area contributed by atoms with Crippen molar-refractivity contribution in [1.29, 1.82) is 0 Å². The molecule has 0 aliphatic heterocycles. The fourth-order valence-corrected chi connectivity index (χ4v) is 2.11. The van der Waals surface area contributed by atoms with Crippen LogP contribution in [0.1, 0.15) is 5.56 Å². The highest BCUT2D eigenvalue weighted by Crippen LogP contribution is 2.41. The molecular formula is C10H8Cl4N2O2S. The van der Waals surface area contributed by atoms with Gasteiger partial charge in [0.25, 0.3) is 3.12 Å². The molecule has 1 aromatic rings. The Morgan fingerprint density at radius 1 is 1.37 bits per heavy atom. The summed E-state index contributed by atoms with van der Waals surface area (Å²) in [7, 11) is 1.20. The molecule has 4 nitrogen and oxygen atoms in total. The lowest BCUT2D eigenvalue weighted by Crippen LogP contribution is -2.22. The molecular weight excluding hydrogens is 354 g/mol. The Balaban J connectivity index is 2.82. The number of carbonyl (C=O) groups excluding carboxylic acids is 1. The number of rotatable bonds is 3. The van der Waals surface area contributed by atoms with Crippen molar-refractivity contribution in [3.05, 3.63) is 34.9 Å². The van der Waals surface area contributed by atoms with Crippen molar-refractivity contribution in [1.82, 2.24) is 4.41 Å². The summed E-state index contributed by atoms with van der Waals surface area (Å²) in [5, 5.41) is 4.48. The number of amides is 1. The number of methoxy groups -OCH3 is 1. The number of alkyl halides is 3. The lowest BCUT2D eigenvalue weighted by atomic mass is 10.2. The zero-order valence-corrected chi connectivity index (χ0v) is 13.4. The zero-order chi connectivity index (χ0) is 14.5. The lowest BCUT2D eigenvalue weighted by Gasteiger charge is -2.18. The van der Waals surface area contributed by atoms with Crippen LogP contribution in [0.15, 0.2) is 29.4 Å². The molecule has 0 heterocycles. The van der Waals surface area contributed by atoms with Crippen LogP contribution in [0.4, 0.5) is 4.79 Å². The van der Waals surface area contributed by atoms with Crippen molar-refractivity contribution in [2.75, 3.05) is 7.11 Å². The van der Waals surface area contributed by atoms with Gasteiger partial charge in [-0.05, 0) is 17.7 Å². The molecule has 104 valence electrons. The maximum absolute atomic E-state index is 11.4. The summed E-state index contributed by atoms with van der Waals surface area (Å²) in [5.74, 6) is 0. The summed E-state index contributed by atoms with van der Waals surface area (Å²) in [6, 6.07) is 6.82. The van der Waals surface area contributed by atoms with E-state index in [0.717, 1.165) is 9.98 Å². The minimum Gasteiger partial charge on any atom is -0.451 e. The summed E-state index contributed by atoms with van der Waals surface area (Å²) in [4.78, 5) is 11.4. The molecule has 0 spiro atoms. The van der Waals surface area contributed by atoms with Crippen LogP contribution in [0.3, 0.4) is 0 Å². The van der Waals surface area contributed by atoms with Crippen LogP contribution in [-0.4, -0.2) is 27.0 Å². The molecule has 0 aliphatic carbocycles. The zero-order valence-electron chi connectivity index (χ0n) is 9.52. The molecule has 0 saturated carbocycles. The monoisotopic (exact) mass is 360 g/mol. The average molecular weight is 362 g/mol. The van der Waals surface area contributed by atoms with Gasteiger partial charge in [0.2, 0.25) is 0 Å². The molecule has 1 aromatic carbocycles. The van der Waals surface area contributed by atoms with Crippen molar-refractivity contribution < 1.29 is 9.53 Å². The van der Waals surface area contributed by atoms with Gasteiger partial charge in [0.15, 0.2) is 0 Å². The molecule has 0 radical (unpaired) electrons. The largest absolute Gasteiger partial charge is 0.451 e. The van der Waals surface area contributed by atoms with Gasteiger partial charge >= 0.3 is 6.09 Å². The highest BCUT2D eigenvalue weighted by atomic mass is 35.6. The number of hydrogen-bond donors (Lipinski definition) is 0. The second-order valence-corrected chi connectivity index (χ2v) is 7.61. The summed E-state index contributed by atoms with van der Waals surface area (Å²) < 4.78 is 3.63. The van der Waals surface area contributed by atoms with Gasteiger partial charge in [0.05, 0.1) is 13.3 Å². The second kappa shape index (κ2) is 7.45. The molecule has 0 unspecified atom stereocenters. The molecule has 0 fully saturated rings. The molecule has 0 saturated heterocycles. The van der Waals surface area contributed by atoms with Crippen molar-refractivity contribution in [2.45, 2.75) is 3.12 Å². The summed E-state index contributed by atoms with van der Waals surface area (Å²) in [6.07, 6.45) is 0.651. The highest BCUT2D eigenvalue weighted by Gasteiger charge is 2.29. The maximum Gasteiger partial charge on any atom is 0.440 e. The van der Waals surface area contributed by atoms with E-state index >= 15 is 0 Å². The van der Waals surface area contributed by atoms with Crippen LogP contribution in [0, 0.1) is 0 Å². The first-order valence-electron chi connectivity index (χ1n) is 4.75. The van der Waals surface area contributed by atoms with Gasteiger partial charge in [-0.1, -0.05) is 58.5 Å². The average Bonchev–Trinajstić information content (AvgIpc) is 2.34. The molecule has 0 N–H and O–H groups in total. The standard InChI is InChI=1S/C10H8Cl4N2O2S/c1-18-9(17)16(19-10(12,13)14)15-6-7-2-4-8(11)5-3-7/h2-6H,1H3. The van der Waals surface area contributed by atoms with Gasteiger partial charge in [-0.3, -0.25) is 0 Å². The first-order chi connectivity index (χ1) is 8.81. The molecule has 0 aliphatic rings. The van der Waals surface area contributed by atoms with Crippen molar-refractivity contribution in [2.24, 2.45) is 5.10 Å². The van der Waals surface area contributed by atoms with Gasteiger partial charge in [0, 0.05) is 17.0 Å². The van der Waals surface area contributed by atoms with E-state index in [1.54, 1.807) is 24.3 Å². The normalized spacial score (nSPS) is 11.6. The fraction of sp³-hybridized carbons (Fsp3) is 0.200. The van der Waals surface area contributed by atoms with Crippen molar-refractivity contribution in [3.8, 4) is 0 Å². The van der Waals surface area contributed by atoms with Gasteiger partial charge in [-0.25, -0.2) is 4.79 Å². The molecule has 1 amide bonds. The van der Waals surface area contributed by atoms with Gasteiger partial charge < -0.3 is 4.74 Å². The summed E-state index contributed by atoms with van der Waals surface area (Å²) in [5.41, 5.74) is 0.725. The topological polar surface area (TPSA) is 41.9 Å². The molecule has 9 heteroatoms. The van der Waals surface area contributed by atoms with Crippen LogP contribution < -0.4 is 0 Å². The predicted molar refractivity (Wildman–Crippen MR) is 81.2 cm³/mol. The van der Waals surface area contributed by atoms with E-state index in [2.05, 4.69) is 9.84 Å². The van der Waals surface area contributed by atoms with Gasteiger partial charge in [-0.15, -0.1) is 4.41 Å². The van der Waals surface area contributed by atoms with Gasteiger partial charge in [-0.2, -0.15) is 5.10 Å². The maximum atomic E-state index is 11.4. The number of ether oxygens (including phenoxy) is 1. The SMILES string of the molecule is COC(=O)N(N=Cc1ccc(Cl)cc1)SC(Cl)(Cl)Cl. The van der Waals surface area contributed by atoms with Crippen LogP contribution in [-0.2, 0) is 4.74 Å². The van der Waals surface area contributed by atoms with Crippen LogP contribution in [0.5, 0.6) is 0 Å². The number of hydrazone groups is 1. The smallest absolute Gasteiger partial charge is 0.440 e. The molecule has 0 aromatic heterocycles. The third-order valence-electron chi connectivity index (χ3n) is 1.70.